The van der Waals surface area contributed by atoms with Crippen LogP contribution < -0.4 is 35.3 Å². The minimum Gasteiger partial charge on any atom is -0.493 e. The Bertz CT molecular complexity index is 2170. The van der Waals surface area contributed by atoms with Gasteiger partial charge in [-0.2, -0.15) is 0 Å². The van der Waals surface area contributed by atoms with Crippen LogP contribution in [0.1, 0.15) is 73.1 Å². The fourth-order valence-corrected chi connectivity index (χ4v) is 10.3. The highest BCUT2D eigenvalue weighted by Gasteiger charge is 2.45. The van der Waals surface area contributed by atoms with Gasteiger partial charge in [0, 0.05) is 62.4 Å². The summed E-state index contributed by atoms with van der Waals surface area (Å²) < 4.78 is 34.8. The van der Waals surface area contributed by atoms with Crippen LogP contribution in [0.2, 0.25) is 0 Å². The van der Waals surface area contributed by atoms with Crippen LogP contribution in [-0.4, -0.2) is 153 Å². The van der Waals surface area contributed by atoms with Crippen molar-refractivity contribution in [2.24, 2.45) is 4.99 Å². The van der Waals surface area contributed by atoms with Crippen LogP contribution in [-0.2, 0) is 19.1 Å². The van der Waals surface area contributed by atoms with Gasteiger partial charge in [0.25, 0.3) is 11.8 Å². The van der Waals surface area contributed by atoms with Crippen molar-refractivity contribution < 1.29 is 52.4 Å². The van der Waals surface area contributed by atoms with E-state index in [9.17, 15) is 24.0 Å². The van der Waals surface area contributed by atoms with Gasteiger partial charge >= 0.3 is 6.09 Å². The molecule has 20 heteroatoms. The second-order valence-corrected chi connectivity index (χ2v) is 20.0. The SMILES string of the molecule is C=C1CC2C=Nc3cc(OCCCCCOc4cc(N)c(C(=O)N5CC(=C)CC5C5OCCN5C(=O)OCC(C)(C)SSCCC(=O)NCCNC=O)cc4OC)c(OC)cc3C(=O)N2C1. The van der Waals surface area contributed by atoms with Crippen LogP contribution in [0.4, 0.5) is 16.2 Å². The number of fused-ring (bicyclic) bond motifs is 2. The molecule has 4 N–H and O–H groups in total. The van der Waals surface area contributed by atoms with Crippen molar-refractivity contribution in [2.45, 2.75) is 75.4 Å². The number of anilines is 1. The average Bonchev–Trinajstić information content (AvgIpc) is 4.03. The molecule has 18 nitrogen and oxygen atoms in total. The summed E-state index contributed by atoms with van der Waals surface area (Å²) in [6, 6.07) is 5.97. The molecule has 3 saturated heterocycles. The molecule has 358 valence electrons. The number of aliphatic imine (C=N–C) groups is 1. The van der Waals surface area contributed by atoms with Crippen LogP contribution in [0, 0.1) is 0 Å². The molecule has 0 aliphatic carbocycles. The summed E-state index contributed by atoms with van der Waals surface area (Å²) in [5, 5.41) is 5.24. The first-order valence-corrected chi connectivity index (χ1v) is 24.3. The Morgan fingerprint density at radius 3 is 2.39 bits per heavy atom. The number of likely N-dealkylation sites (tertiary alicyclic amines) is 1. The van der Waals surface area contributed by atoms with Crippen LogP contribution >= 0.6 is 21.6 Å². The Morgan fingerprint density at radius 1 is 0.955 bits per heavy atom. The first kappa shape index (κ1) is 49.8. The summed E-state index contributed by atoms with van der Waals surface area (Å²) in [4.78, 5) is 72.9. The molecule has 2 aromatic carbocycles. The minimum atomic E-state index is -0.758. The molecule has 0 saturated carbocycles. The lowest BCUT2D eigenvalue weighted by molar-refractivity contribution is -0.120. The van der Waals surface area contributed by atoms with Crippen molar-refractivity contribution in [1.29, 1.82) is 0 Å². The van der Waals surface area contributed by atoms with Crippen LogP contribution in [0.3, 0.4) is 0 Å². The van der Waals surface area contributed by atoms with E-state index in [2.05, 4.69) is 28.8 Å². The summed E-state index contributed by atoms with van der Waals surface area (Å²) >= 11 is 0. The zero-order valence-corrected chi connectivity index (χ0v) is 39.7. The lowest BCUT2D eigenvalue weighted by atomic mass is 10.1. The lowest BCUT2D eigenvalue weighted by Gasteiger charge is -2.33. The number of rotatable bonds is 23. The van der Waals surface area contributed by atoms with E-state index in [0.717, 1.165) is 24.0 Å². The minimum absolute atomic E-state index is 0.103. The highest BCUT2D eigenvalue weighted by molar-refractivity contribution is 8.77. The van der Waals surface area contributed by atoms with Crippen LogP contribution in [0.15, 0.2) is 53.6 Å². The van der Waals surface area contributed by atoms with Crippen LogP contribution in [0.25, 0.3) is 0 Å². The summed E-state index contributed by atoms with van der Waals surface area (Å²) in [6.45, 7) is 15.1. The molecule has 5 amide bonds. The summed E-state index contributed by atoms with van der Waals surface area (Å²) in [5.41, 5.74) is 9.77. The number of hydrogen-bond acceptors (Lipinski definition) is 15. The number of hydrogen-bond donors (Lipinski definition) is 3. The number of nitrogens with two attached hydrogens (primary N) is 1. The van der Waals surface area contributed by atoms with Gasteiger partial charge in [-0.25, -0.2) is 4.79 Å². The molecule has 4 aliphatic rings. The Balaban J connectivity index is 0.966. The Morgan fingerprint density at radius 2 is 1.67 bits per heavy atom. The van der Waals surface area contributed by atoms with Gasteiger partial charge in [-0.3, -0.25) is 29.1 Å². The summed E-state index contributed by atoms with van der Waals surface area (Å²) in [6.07, 6.45) is 4.73. The predicted molar refractivity (Wildman–Crippen MR) is 254 cm³/mol. The highest BCUT2D eigenvalue weighted by atomic mass is 33.1. The number of ether oxygens (including phenoxy) is 6. The van der Waals surface area contributed by atoms with E-state index >= 15 is 0 Å². The maximum Gasteiger partial charge on any atom is 0.412 e. The zero-order chi connectivity index (χ0) is 47.4. The molecule has 3 fully saturated rings. The van der Waals surface area contributed by atoms with E-state index in [0.29, 0.717) is 111 Å². The van der Waals surface area contributed by atoms with Gasteiger partial charge in [0.1, 0.15) is 6.61 Å². The molecular formula is C46H61N7O11S2. The van der Waals surface area contributed by atoms with Crippen molar-refractivity contribution in [1.82, 2.24) is 25.3 Å². The standard InChI is InChI=1S/C46H61N7O11S2/c1-29-18-31-24-50-35-23-40(38(60-6)21-33(35)43(57)52(31)25-29)62-15-9-7-8-14-61-39-22-34(47)32(20-37(39)59-5)42(56)53-26-30(2)19-36(53)44-51(13-16-63-44)45(58)64-27-46(3,4)66-65-17-10-41(55)49-12-11-48-28-54/h20-24,28,31,36,44H,1-2,7-19,25-27,47H2,3-6H3,(H,48,54)(H,49,55). The smallest absolute Gasteiger partial charge is 0.412 e. The largest absolute Gasteiger partial charge is 0.493 e. The van der Waals surface area contributed by atoms with E-state index in [1.54, 1.807) is 47.4 Å². The van der Waals surface area contributed by atoms with Gasteiger partial charge in [0.05, 0.1) is 74.2 Å². The summed E-state index contributed by atoms with van der Waals surface area (Å²) in [7, 11) is 6.07. The molecule has 0 aromatic heterocycles. The van der Waals surface area contributed by atoms with Gasteiger partial charge in [-0.05, 0) is 58.1 Å². The first-order chi connectivity index (χ1) is 31.7. The van der Waals surface area contributed by atoms with E-state index < -0.39 is 23.1 Å². The van der Waals surface area contributed by atoms with E-state index in [-0.39, 0.29) is 54.8 Å². The van der Waals surface area contributed by atoms with Crippen molar-refractivity contribution >= 4 is 69.4 Å². The number of unbranched alkanes of at least 4 members (excludes halogenated alkanes) is 2. The Labute approximate surface area is 393 Å². The van der Waals surface area contributed by atoms with Crippen molar-refractivity contribution in [3.63, 3.8) is 0 Å². The Kier molecular flexibility index (Phi) is 17.5. The first-order valence-electron chi connectivity index (χ1n) is 22.0. The average molecular weight is 952 g/mol. The lowest BCUT2D eigenvalue weighted by Crippen LogP contribution is -2.51. The third-order valence-corrected chi connectivity index (χ3v) is 14.5. The molecule has 0 radical (unpaired) electrons. The topological polar surface area (TPSA) is 213 Å². The number of amides is 5. The number of methoxy groups -OCH3 is 2. The van der Waals surface area contributed by atoms with E-state index in [1.807, 2.05) is 13.8 Å². The zero-order valence-electron chi connectivity index (χ0n) is 38.1. The monoisotopic (exact) mass is 951 g/mol. The van der Waals surface area contributed by atoms with Crippen molar-refractivity contribution in [3.05, 3.63) is 59.7 Å². The molecule has 66 heavy (non-hydrogen) atoms. The number of nitrogen functional groups attached to an aromatic ring is 1. The third kappa shape index (κ3) is 12.6. The predicted octanol–water partition coefficient (Wildman–Crippen LogP) is 5.38. The van der Waals surface area contributed by atoms with Gasteiger partial charge in [0.2, 0.25) is 12.3 Å². The van der Waals surface area contributed by atoms with E-state index in [4.69, 9.17) is 34.2 Å². The highest BCUT2D eigenvalue weighted by Crippen LogP contribution is 2.40. The third-order valence-electron chi connectivity index (χ3n) is 11.3. The second-order valence-electron chi connectivity index (χ2n) is 16.9. The summed E-state index contributed by atoms with van der Waals surface area (Å²) in [5.74, 6) is 1.71. The molecule has 4 aliphatic heterocycles. The maximum atomic E-state index is 14.2. The van der Waals surface area contributed by atoms with Crippen molar-refractivity contribution in [3.8, 4) is 23.0 Å². The number of carbonyl (C=O) groups excluding carboxylic acids is 5. The van der Waals surface area contributed by atoms with Gasteiger partial charge in [-0.1, -0.05) is 45.9 Å². The number of nitrogens with one attached hydrogen (secondary N) is 2. The molecule has 3 atom stereocenters. The maximum absolute atomic E-state index is 14.2. The van der Waals surface area contributed by atoms with E-state index in [1.165, 1.54) is 33.6 Å². The number of benzene rings is 2. The van der Waals surface area contributed by atoms with Crippen LogP contribution in [0.5, 0.6) is 23.0 Å². The fourth-order valence-electron chi connectivity index (χ4n) is 7.95. The molecule has 0 spiro atoms. The molecular weight excluding hydrogens is 891 g/mol. The van der Waals surface area contributed by atoms with Gasteiger partial charge < -0.3 is 54.6 Å². The molecule has 3 unspecified atom stereocenters. The Hall–Kier alpha value is -5.60. The fraction of sp³-hybridized carbons (Fsp3) is 0.522. The normalized spacial score (nSPS) is 19.0. The molecule has 2 aromatic rings. The number of nitrogens with zero attached hydrogens (tertiary/aromatic N) is 4. The molecule has 6 rings (SSSR count). The molecule has 4 heterocycles. The quantitative estimate of drug-likeness (QED) is 0.0420. The van der Waals surface area contributed by atoms with Gasteiger partial charge in [-0.15, -0.1) is 0 Å². The molecule has 0 bridgehead atoms. The van der Waals surface area contributed by atoms with Gasteiger partial charge in [0.15, 0.2) is 29.2 Å². The number of carbonyl (C=O) groups is 5. The van der Waals surface area contributed by atoms with Crippen molar-refractivity contribution in [2.75, 3.05) is 84.9 Å². The second kappa shape index (κ2) is 23.2.